The largest absolute Gasteiger partial charge is 0.460 e. The summed E-state index contributed by atoms with van der Waals surface area (Å²) in [5, 5.41) is 139. The number of hydrogen-bond donors (Lipinski definition) is 13. The Labute approximate surface area is 363 Å². The molecule has 7 aliphatic rings. The van der Waals surface area contributed by atoms with Crippen LogP contribution in [0.4, 0.5) is 0 Å². The first-order valence-corrected chi connectivity index (χ1v) is 22.2. The lowest BCUT2D eigenvalue weighted by molar-refractivity contribution is -0.385. The molecule has 0 aromatic heterocycles. The van der Waals surface area contributed by atoms with Gasteiger partial charge in [-0.15, -0.1) is 0 Å². The first kappa shape index (κ1) is 49.3. The van der Waals surface area contributed by atoms with Crippen LogP contribution in [0, 0.1) is 17.8 Å². The van der Waals surface area contributed by atoms with Gasteiger partial charge in [0.25, 0.3) is 0 Å². The van der Waals surface area contributed by atoms with Crippen LogP contribution in [0.3, 0.4) is 0 Å². The quantitative estimate of drug-likeness (QED) is 0.0493. The van der Waals surface area contributed by atoms with E-state index in [1.54, 1.807) is 6.08 Å². The van der Waals surface area contributed by atoms with E-state index in [-0.39, 0.29) is 50.0 Å². The molecule has 23 atom stereocenters. The van der Waals surface area contributed by atoms with Gasteiger partial charge in [-0.3, -0.25) is 0 Å². The Balaban J connectivity index is 1.06. The van der Waals surface area contributed by atoms with Gasteiger partial charge in [0.1, 0.15) is 79.9 Å². The molecule has 0 radical (unpaired) electrons. The van der Waals surface area contributed by atoms with Crippen LogP contribution in [-0.4, -0.2) is 232 Å². The van der Waals surface area contributed by atoms with Gasteiger partial charge in [0, 0.05) is 24.8 Å². The van der Waals surface area contributed by atoms with E-state index < -0.39 is 160 Å². The van der Waals surface area contributed by atoms with Crippen LogP contribution >= 0.6 is 0 Å². The molecular formula is C41H67O22+. The maximum Gasteiger partial charge on any atom is 0.330 e. The Hall–Kier alpha value is -1.59. The fraction of sp³-hybridized carbons (Fsp3) is 0.927. The summed E-state index contributed by atoms with van der Waals surface area (Å²) in [4.78, 5) is 12.5. The Morgan fingerprint density at radius 1 is 0.587 bits per heavy atom. The van der Waals surface area contributed by atoms with Crippen molar-refractivity contribution in [2.45, 2.75) is 199 Å². The molecule has 0 amide bonds. The summed E-state index contributed by atoms with van der Waals surface area (Å²) in [6.45, 7) is -1.66. The number of fused-ring (bicyclic) bond motifs is 1. The second-order valence-electron chi connectivity index (χ2n) is 18.5. The van der Waals surface area contributed by atoms with Gasteiger partial charge in [-0.2, -0.15) is 0 Å². The van der Waals surface area contributed by atoms with Crippen molar-refractivity contribution in [1.82, 2.24) is 0 Å². The maximum atomic E-state index is 12.5. The highest BCUT2D eigenvalue weighted by molar-refractivity contribution is 5.81. The van der Waals surface area contributed by atoms with E-state index in [2.05, 4.69) is 0 Å². The lowest BCUT2D eigenvalue weighted by Gasteiger charge is -2.49. The van der Waals surface area contributed by atoms with E-state index >= 15 is 0 Å². The summed E-state index contributed by atoms with van der Waals surface area (Å²) in [5.41, 5.74) is 0. The maximum absolute atomic E-state index is 12.5. The molecule has 3 saturated carbocycles. The zero-order valence-corrected chi connectivity index (χ0v) is 34.8. The van der Waals surface area contributed by atoms with Crippen molar-refractivity contribution in [2.75, 3.05) is 19.8 Å². The number of rotatable bonds is 12. The van der Waals surface area contributed by atoms with E-state index in [9.17, 15) is 71.2 Å². The lowest BCUT2D eigenvalue weighted by Crippen LogP contribution is -2.65. The summed E-state index contributed by atoms with van der Waals surface area (Å²) in [7, 11) is 0. The molecule has 362 valence electrons. The van der Waals surface area contributed by atoms with Gasteiger partial charge in [0.15, 0.2) is 31.1 Å². The van der Waals surface area contributed by atoms with Crippen molar-refractivity contribution in [3.8, 4) is 0 Å². The Morgan fingerprint density at radius 3 is 2.00 bits per heavy atom. The van der Waals surface area contributed by atoms with Crippen LogP contribution in [0.1, 0.15) is 64.2 Å². The van der Waals surface area contributed by atoms with E-state index in [1.807, 2.05) is 0 Å². The molecule has 22 nitrogen and oxygen atoms in total. The molecular weight excluding hydrogens is 844 g/mol. The molecule has 63 heavy (non-hydrogen) atoms. The summed E-state index contributed by atoms with van der Waals surface area (Å²) in [6.07, 6.45) is -22.9. The number of ether oxygens (including phenoxy) is 8. The fourth-order valence-electron chi connectivity index (χ4n) is 10.1. The second kappa shape index (κ2) is 21.6. The smallest absolute Gasteiger partial charge is 0.330 e. The highest BCUT2D eigenvalue weighted by Gasteiger charge is 2.56. The minimum Gasteiger partial charge on any atom is -0.460 e. The number of carbonyl (C=O) groups is 1. The van der Waals surface area contributed by atoms with Crippen LogP contribution in [0.5, 0.6) is 0 Å². The fourth-order valence-corrected chi connectivity index (χ4v) is 10.1. The number of aliphatic hydroxyl groups excluding tert-OH is 13. The number of aliphatic hydroxyl groups is 15. The molecule has 0 aromatic rings. The number of esters is 1. The predicted molar refractivity (Wildman–Crippen MR) is 207 cm³/mol. The van der Waals surface area contributed by atoms with Crippen LogP contribution in [0.15, 0.2) is 12.2 Å². The average Bonchev–Trinajstić information content (AvgIpc) is 3.25. The number of carbonyl (C=O) groups excluding carboxylic acids is 1. The average molecular weight is 912 g/mol. The molecule has 0 bridgehead atoms. The lowest BCUT2D eigenvalue weighted by atomic mass is 9.72. The Kier molecular flexibility index (Phi) is 16.9. The van der Waals surface area contributed by atoms with E-state index in [1.165, 1.54) is 6.08 Å². The predicted octanol–water partition coefficient (Wildman–Crippen LogP) is -5.56. The van der Waals surface area contributed by atoms with E-state index in [4.69, 9.17) is 37.9 Å². The molecule has 23 unspecified atom stereocenters. The van der Waals surface area contributed by atoms with Gasteiger partial charge in [-0.05, 0) is 57.3 Å². The first-order valence-electron chi connectivity index (χ1n) is 22.2. The summed E-state index contributed by atoms with van der Waals surface area (Å²) >= 11 is 0. The molecule has 7 fully saturated rings. The molecule has 14 N–H and O–H groups in total. The molecule has 3 aliphatic carbocycles. The van der Waals surface area contributed by atoms with Crippen molar-refractivity contribution >= 4 is 5.97 Å². The number of hydrogen-bond acceptors (Lipinski definition) is 21. The zero-order valence-electron chi connectivity index (χ0n) is 34.8. The summed E-state index contributed by atoms with van der Waals surface area (Å²) in [5.74, 6) is -1.49. The molecule has 4 heterocycles. The van der Waals surface area contributed by atoms with Crippen LogP contribution in [-0.2, 0) is 38.0 Å². The van der Waals surface area contributed by atoms with Gasteiger partial charge in [-0.25, -0.2) is 4.79 Å². The SMILES string of the molecule is O=C(C=CC1CCC(O)CC1)OCC1OC(OCC2OC(OC3CC4C(O)CC(O)CC4[OH+]C3C3CCC(O)C(O)C3)C(OC3OCC(O)C(O)C3O)C(O)C2O)C(O)C(O)C1O. The van der Waals surface area contributed by atoms with Gasteiger partial charge >= 0.3 is 5.97 Å². The Bertz CT molecular complexity index is 1490. The van der Waals surface area contributed by atoms with Crippen molar-refractivity contribution in [2.24, 2.45) is 17.8 Å². The van der Waals surface area contributed by atoms with Crippen molar-refractivity contribution in [1.29, 1.82) is 0 Å². The molecule has 22 heteroatoms. The van der Waals surface area contributed by atoms with Crippen LogP contribution in [0.2, 0.25) is 0 Å². The highest BCUT2D eigenvalue weighted by Crippen LogP contribution is 2.43. The topological polar surface area (TPSA) is 357 Å². The third kappa shape index (κ3) is 11.6. The van der Waals surface area contributed by atoms with Crippen molar-refractivity contribution < 1.29 is 109 Å². The second-order valence-corrected chi connectivity index (χ2v) is 18.5. The molecule has 4 saturated heterocycles. The van der Waals surface area contributed by atoms with Crippen LogP contribution in [0.25, 0.3) is 0 Å². The van der Waals surface area contributed by atoms with Crippen molar-refractivity contribution in [3.63, 3.8) is 0 Å². The summed E-state index contributed by atoms with van der Waals surface area (Å²) < 4.78 is 46.0. The van der Waals surface area contributed by atoms with E-state index in [0.29, 0.717) is 32.1 Å². The Morgan fingerprint density at radius 2 is 1.27 bits per heavy atom. The minimum absolute atomic E-state index is 0.0798. The van der Waals surface area contributed by atoms with E-state index in [0.717, 1.165) is 0 Å². The van der Waals surface area contributed by atoms with Crippen molar-refractivity contribution in [3.05, 3.63) is 12.2 Å². The standard InChI is InChI=1S/C41H66O22/c42-18-5-1-16(2-6-18)3-8-29(48)56-14-27-31(50)33(52)36(55)39(61-27)58-15-28-32(51)34(53)38(63-40-35(54)30(49)24(47)13-57-40)41(62-28)60-26-12-20-22(45)10-19(43)11-25(20)59-37(26)17-4-7-21(44)23(46)9-17/h3,8,16-28,30-47,49-55H,1-2,4-7,9-15H2/p+1. The normalized spacial score (nSPS) is 51.1. The van der Waals surface area contributed by atoms with Gasteiger partial charge in [0.2, 0.25) is 0 Å². The molecule has 0 aromatic carbocycles. The molecule has 4 aliphatic heterocycles. The monoisotopic (exact) mass is 911 g/mol. The molecule has 0 spiro atoms. The zero-order chi connectivity index (χ0) is 45.3. The van der Waals surface area contributed by atoms with Gasteiger partial charge < -0.3 is 104 Å². The van der Waals surface area contributed by atoms with Crippen LogP contribution < -0.4 is 0 Å². The first-order chi connectivity index (χ1) is 30.0. The highest BCUT2D eigenvalue weighted by atomic mass is 16.8. The molecule has 7 rings (SSSR count). The van der Waals surface area contributed by atoms with Gasteiger partial charge in [-0.1, -0.05) is 6.08 Å². The third-order valence-electron chi connectivity index (χ3n) is 14.0. The third-order valence-corrected chi connectivity index (χ3v) is 14.0. The summed E-state index contributed by atoms with van der Waals surface area (Å²) in [6, 6.07) is 0. The minimum atomic E-state index is -1.89. The van der Waals surface area contributed by atoms with Gasteiger partial charge in [0.05, 0.1) is 49.7 Å². The number of allylic oxidation sites excluding steroid dienone is 1.